The lowest BCUT2D eigenvalue weighted by Crippen LogP contribution is -2.31. The number of hydrogen-bond acceptors (Lipinski definition) is 3. The Morgan fingerprint density at radius 3 is 2.89 bits per heavy atom. The Morgan fingerprint density at radius 2 is 2.39 bits per heavy atom. The lowest BCUT2D eigenvalue weighted by Gasteiger charge is -2.15. The molecule has 0 unspecified atom stereocenters. The van der Waals surface area contributed by atoms with Gasteiger partial charge in [0.2, 0.25) is 0 Å². The van der Waals surface area contributed by atoms with E-state index in [1.165, 1.54) is 22.3 Å². The number of nitrogens with one attached hydrogen (secondary N) is 1. The molecule has 1 amide bonds. The van der Waals surface area contributed by atoms with Gasteiger partial charge in [0, 0.05) is 11.6 Å². The molecule has 0 spiro atoms. The number of anilines is 1. The quantitative estimate of drug-likeness (QED) is 0.886. The number of nitrogens with zero attached hydrogens (tertiary/aromatic N) is 2. The highest BCUT2D eigenvalue weighted by atomic mass is 35.5. The van der Waals surface area contributed by atoms with Crippen LogP contribution >= 0.6 is 34.5 Å². The number of aromatic amines is 1. The van der Waals surface area contributed by atoms with Gasteiger partial charge in [-0.05, 0) is 6.07 Å². The van der Waals surface area contributed by atoms with Crippen molar-refractivity contribution in [2.45, 2.75) is 0 Å². The number of terminal acetylenes is 1. The van der Waals surface area contributed by atoms with E-state index < -0.39 is 0 Å². The molecule has 18 heavy (non-hydrogen) atoms. The molecule has 0 aliphatic rings. The molecule has 0 atom stereocenters. The van der Waals surface area contributed by atoms with Gasteiger partial charge in [-0.25, -0.2) is 4.98 Å². The van der Waals surface area contributed by atoms with E-state index in [9.17, 15) is 4.79 Å². The number of aromatic nitrogens is 2. The van der Waals surface area contributed by atoms with Crippen molar-refractivity contribution >= 4 is 45.6 Å². The van der Waals surface area contributed by atoms with Gasteiger partial charge in [0.05, 0.1) is 11.6 Å². The number of amides is 1. The number of carbonyl (C=O) groups excluding carboxylic acids is 1. The standard InChI is InChI=1S/C11H7Cl2N3OS/c1-2-4-16(11-14-3-5-18-11)10(17)8-6-7(12)9(13)15-8/h1,3,5-6,15H,4H2. The number of halogens is 2. The largest absolute Gasteiger partial charge is 0.340 e. The van der Waals surface area contributed by atoms with Gasteiger partial charge in [0.15, 0.2) is 5.13 Å². The van der Waals surface area contributed by atoms with Crippen molar-refractivity contribution in [3.8, 4) is 12.3 Å². The third-order valence-corrected chi connectivity index (χ3v) is 3.59. The monoisotopic (exact) mass is 299 g/mol. The Morgan fingerprint density at radius 1 is 1.61 bits per heavy atom. The van der Waals surface area contributed by atoms with Crippen molar-refractivity contribution in [3.63, 3.8) is 0 Å². The van der Waals surface area contributed by atoms with Crippen LogP contribution in [0.25, 0.3) is 0 Å². The third kappa shape index (κ3) is 2.51. The maximum absolute atomic E-state index is 12.2. The van der Waals surface area contributed by atoms with E-state index in [1.54, 1.807) is 11.6 Å². The lowest BCUT2D eigenvalue weighted by atomic mass is 10.3. The molecule has 0 aliphatic carbocycles. The summed E-state index contributed by atoms with van der Waals surface area (Å²) >= 11 is 12.9. The van der Waals surface area contributed by atoms with E-state index in [2.05, 4.69) is 15.9 Å². The summed E-state index contributed by atoms with van der Waals surface area (Å²) in [5, 5.41) is 2.81. The van der Waals surface area contributed by atoms with Crippen molar-refractivity contribution < 1.29 is 4.79 Å². The number of H-pyrrole nitrogens is 1. The van der Waals surface area contributed by atoms with Crippen molar-refractivity contribution in [1.29, 1.82) is 0 Å². The molecule has 7 heteroatoms. The van der Waals surface area contributed by atoms with Crippen molar-refractivity contribution in [3.05, 3.63) is 33.5 Å². The molecule has 2 aromatic heterocycles. The van der Waals surface area contributed by atoms with Crippen LogP contribution in [-0.4, -0.2) is 22.4 Å². The minimum absolute atomic E-state index is 0.126. The van der Waals surface area contributed by atoms with E-state index in [4.69, 9.17) is 29.6 Å². The molecule has 0 aliphatic heterocycles. The zero-order chi connectivity index (χ0) is 13.1. The molecule has 0 bridgehead atoms. The van der Waals surface area contributed by atoms with E-state index in [0.717, 1.165) is 0 Å². The van der Waals surface area contributed by atoms with Crippen LogP contribution in [0.1, 0.15) is 10.5 Å². The number of thiazole rings is 1. The van der Waals surface area contributed by atoms with Crippen LogP contribution < -0.4 is 4.90 Å². The predicted octanol–water partition coefficient (Wildman–Crippen LogP) is 3.06. The SMILES string of the molecule is C#CCN(C(=O)c1cc(Cl)c(Cl)[nH]1)c1nccs1. The Hall–Kier alpha value is -1.48. The normalized spacial score (nSPS) is 10.1. The molecule has 2 heterocycles. The van der Waals surface area contributed by atoms with Gasteiger partial charge in [0.1, 0.15) is 10.8 Å². The number of carbonyl (C=O) groups is 1. The first-order valence-electron chi connectivity index (χ1n) is 4.82. The van der Waals surface area contributed by atoms with Gasteiger partial charge in [-0.3, -0.25) is 9.69 Å². The summed E-state index contributed by atoms with van der Waals surface area (Å²) in [4.78, 5) is 20.4. The van der Waals surface area contributed by atoms with E-state index in [0.29, 0.717) is 10.2 Å². The Balaban J connectivity index is 2.32. The van der Waals surface area contributed by atoms with Crippen molar-refractivity contribution in [2.24, 2.45) is 0 Å². The highest BCUT2D eigenvalue weighted by Gasteiger charge is 2.21. The lowest BCUT2D eigenvalue weighted by molar-refractivity contribution is 0.0986. The van der Waals surface area contributed by atoms with Crippen LogP contribution in [0.2, 0.25) is 10.2 Å². The van der Waals surface area contributed by atoms with Crippen LogP contribution in [0.4, 0.5) is 5.13 Å². The van der Waals surface area contributed by atoms with E-state index in [1.807, 2.05) is 0 Å². The molecule has 92 valence electrons. The van der Waals surface area contributed by atoms with Gasteiger partial charge in [-0.1, -0.05) is 29.1 Å². The van der Waals surface area contributed by atoms with E-state index in [-0.39, 0.29) is 23.3 Å². The first kappa shape index (κ1) is 13.0. The third-order valence-electron chi connectivity index (χ3n) is 2.10. The number of hydrogen-bond donors (Lipinski definition) is 1. The summed E-state index contributed by atoms with van der Waals surface area (Å²) < 4.78 is 0. The second kappa shape index (κ2) is 5.44. The summed E-state index contributed by atoms with van der Waals surface area (Å²) in [7, 11) is 0. The fraction of sp³-hybridized carbons (Fsp3) is 0.0909. The molecule has 2 rings (SSSR count). The Kier molecular flexibility index (Phi) is 3.92. The highest BCUT2D eigenvalue weighted by molar-refractivity contribution is 7.13. The molecule has 4 nitrogen and oxygen atoms in total. The van der Waals surface area contributed by atoms with Gasteiger partial charge in [-0.2, -0.15) is 0 Å². The van der Waals surface area contributed by atoms with Crippen LogP contribution in [-0.2, 0) is 0 Å². The number of rotatable bonds is 3. The summed E-state index contributed by atoms with van der Waals surface area (Å²) in [6, 6.07) is 1.46. The molecular weight excluding hydrogens is 293 g/mol. The van der Waals surface area contributed by atoms with Crippen LogP contribution in [0.5, 0.6) is 0 Å². The van der Waals surface area contributed by atoms with Gasteiger partial charge < -0.3 is 4.98 Å². The van der Waals surface area contributed by atoms with Crippen molar-refractivity contribution in [1.82, 2.24) is 9.97 Å². The Bertz CT molecular complexity index is 581. The minimum Gasteiger partial charge on any atom is -0.340 e. The van der Waals surface area contributed by atoms with Crippen LogP contribution in [0, 0.1) is 12.3 Å². The summed E-state index contributed by atoms with van der Waals surface area (Å²) in [6.07, 6.45) is 6.86. The Labute approximate surface area is 118 Å². The minimum atomic E-state index is -0.322. The fourth-order valence-corrected chi connectivity index (χ4v) is 2.28. The molecular formula is C11H7Cl2N3OS. The molecule has 0 saturated carbocycles. The second-order valence-corrected chi connectivity index (χ2v) is 4.91. The maximum atomic E-state index is 12.2. The van der Waals surface area contributed by atoms with Crippen LogP contribution in [0.15, 0.2) is 17.6 Å². The zero-order valence-corrected chi connectivity index (χ0v) is 11.3. The topological polar surface area (TPSA) is 49.0 Å². The highest BCUT2D eigenvalue weighted by Crippen LogP contribution is 2.25. The van der Waals surface area contributed by atoms with Crippen molar-refractivity contribution in [2.75, 3.05) is 11.4 Å². The first-order valence-corrected chi connectivity index (χ1v) is 6.46. The summed E-state index contributed by atoms with van der Waals surface area (Å²) in [5.74, 6) is 2.10. The molecule has 0 fully saturated rings. The summed E-state index contributed by atoms with van der Waals surface area (Å²) in [5.41, 5.74) is 0.274. The molecule has 0 aromatic carbocycles. The fourth-order valence-electron chi connectivity index (χ4n) is 1.33. The average molecular weight is 300 g/mol. The van der Waals surface area contributed by atoms with Gasteiger partial charge >= 0.3 is 0 Å². The average Bonchev–Trinajstić information content (AvgIpc) is 2.97. The first-order chi connectivity index (χ1) is 8.63. The smallest absolute Gasteiger partial charge is 0.277 e. The van der Waals surface area contributed by atoms with Gasteiger partial charge in [0.25, 0.3) is 5.91 Å². The second-order valence-electron chi connectivity index (χ2n) is 3.26. The zero-order valence-electron chi connectivity index (χ0n) is 8.98. The van der Waals surface area contributed by atoms with Gasteiger partial charge in [-0.15, -0.1) is 17.8 Å². The predicted molar refractivity (Wildman–Crippen MR) is 73.4 cm³/mol. The van der Waals surface area contributed by atoms with Crippen LogP contribution in [0.3, 0.4) is 0 Å². The summed E-state index contributed by atoms with van der Waals surface area (Å²) in [6.45, 7) is 0.126. The molecule has 1 N–H and O–H groups in total. The molecule has 2 aromatic rings. The molecule has 0 radical (unpaired) electrons. The van der Waals surface area contributed by atoms with E-state index >= 15 is 0 Å². The molecule has 0 saturated heterocycles. The maximum Gasteiger partial charge on any atom is 0.277 e.